The highest BCUT2D eigenvalue weighted by Gasteiger charge is 2.10. The second kappa shape index (κ2) is 10.4. The van der Waals surface area contributed by atoms with E-state index in [1.807, 2.05) is 0 Å². The van der Waals surface area contributed by atoms with Crippen LogP contribution in [-0.2, 0) is 9.53 Å². The Morgan fingerprint density at radius 2 is 1.39 bits per heavy atom. The molecule has 0 aliphatic rings. The fourth-order valence-corrected chi connectivity index (χ4v) is 2.30. The van der Waals surface area contributed by atoms with E-state index >= 15 is 0 Å². The van der Waals surface area contributed by atoms with Crippen molar-refractivity contribution < 1.29 is 9.53 Å². The summed E-state index contributed by atoms with van der Waals surface area (Å²) in [6.07, 6.45) is 8.30. The van der Waals surface area contributed by atoms with Crippen LogP contribution in [-0.4, -0.2) is 13.1 Å². The molecule has 2 heteroatoms. The van der Waals surface area contributed by atoms with E-state index in [-0.39, 0.29) is 5.97 Å². The molecular weight excluding hydrogens is 224 g/mol. The normalized spacial score (nSPS) is 14.6. The van der Waals surface area contributed by atoms with Crippen LogP contribution in [0.15, 0.2) is 0 Å². The van der Waals surface area contributed by atoms with E-state index in [4.69, 9.17) is 0 Å². The van der Waals surface area contributed by atoms with Crippen LogP contribution in [0.1, 0.15) is 72.6 Å². The molecule has 0 rings (SSSR count). The molecule has 0 saturated heterocycles. The van der Waals surface area contributed by atoms with E-state index in [0.29, 0.717) is 12.3 Å². The molecular formula is C16H32O2. The molecule has 0 radical (unpaired) electrons. The molecule has 0 saturated carbocycles. The minimum absolute atomic E-state index is 0.0764. The van der Waals surface area contributed by atoms with Crippen LogP contribution in [0.2, 0.25) is 0 Å². The molecule has 18 heavy (non-hydrogen) atoms. The third kappa shape index (κ3) is 10.6. The van der Waals surface area contributed by atoms with Crippen LogP contribution in [0.25, 0.3) is 0 Å². The van der Waals surface area contributed by atoms with Crippen molar-refractivity contribution in [2.45, 2.75) is 72.6 Å². The fourth-order valence-electron chi connectivity index (χ4n) is 2.30. The Balaban J connectivity index is 3.49. The van der Waals surface area contributed by atoms with E-state index in [1.54, 1.807) is 0 Å². The maximum atomic E-state index is 11.1. The first kappa shape index (κ1) is 17.5. The molecule has 0 aromatic rings. The standard InChI is InChI=1S/C16H32O2/c1-13(2)8-6-9-14(3)10-7-11-15(4)12-16(17)18-5/h13-15H,6-12H2,1-5H3. The van der Waals surface area contributed by atoms with Crippen molar-refractivity contribution in [1.29, 1.82) is 0 Å². The van der Waals surface area contributed by atoms with Crippen LogP contribution in [0, 0.1) is 17.8 Å². The van der Waals surface area contributed by atoms with Crippen molar-refractivity contribution in [2.24, 2.45) is 17.8 Å². The Hall–Kier alpha value is -0.530. The lowest BCUT2D eigenvalue weighted by atomic mass is 9.93. The largest absolute Gasteiger partial charge is 0.469 e. The predicted molar refractivity (Wildman–Crippen MR) is 77.5 cm³/mol. The first-order chi connectivity index (χ1) is 8.45. The molecule has 0 amide bonds. The van der Waals surface area contributed by atoms with E-state index in [2.05, 4.69) is 32.4 Å². The molecule has 0 bridgehead atoms. The molecule has 0 aromatic carbocycles. The number of rotatable bonds is 10. The summed E-state index contributed by atoms with van der Waals surface area (Å²) in [5.74, 6) is 2.04. The zero-order valence-corrected chi connectivity index (χ0v) is 13.0. The van der Waals surface area contributed by atoms with E-state index in [9.17, 15) is 4.79 Å². The number of hydrogen-bond acceptors (Lipinski definition) is 2. The first-order valence-electron chi connectivity index (χ1n) is 7.52. The quantitative estimate of drug-likeness (QED) is 0.524. The fraction of sp³-hybridized carbons (Fsp3) is 0.938. The molecule has 0 aliphatic heterocycles. The van der Waals surface area contributed by atoms with Gasteiger partial charge in [0, 0.05) is 6.42 Å². The summed E-state index contributed by atoms with van der Waals surface area (Å²) < 4.78 is 4.68. The average molecular weight is 256 g/mol. The summed E-state index contributed by atoms with van der Waals surface area (Å²) >= 11 is 0. The Morgan fingerprint density at radius 1 is 0.889 bits per heavy atom. The van der Waals surface area contributed by atoms with Gasteiger partial charge in [0.1, 0.15) is 0 Å². The second-order valence-electron chi connectivity index (χ2n) is 6.25. The van der Waals surface area contributed by atoms with Gasteiger partial charge in [-0.25, -0.2) is 0 Å². The Kier molecular flexibility index (Phi) is 10.1. The van der Waals surface area contributed by atoms with Crippen LogP contribution in [0.5, 0.6) is 0 Å². The topological polar surface area (TPSA) is 26.3 Å². The zero-order chi connectivity index (χ0) is 14.0. The lowest BCUT2D eigenvalue weighted by molar-refractivity contribution is -0.141. The monoisotopic (exact) mass is 256 g/mol. The van der Waals surface area contributed by atoms with Crippen LogP contribution in [0.3, 0.4) is 0 Å². The minimum atomic E-state index is -0.0764. The van der Waals surface area contributed by atoms with Gasteiger partial charge in [-0.15, -0.1) is 0 Å². The smallest absolute Gasteiger partial charge is 0.305 e. The minimum Gasteiger partial charge on any atom is -0.469 e. The number of ether oxygens (including phenoxy) is 1. The van der Waals surface area contributed by atoms with Crippen molar-refractivity contribution in [2.75, 3.05) is 7.11 Å². The van der Waals surface area contributed by atoms with Crippen LogP contribution >= 0.6 is 0 Å². The summed E-state index contributed by atoms with van der Waals surface area (Å²) in [6.45, 7) is 9.07. The number of carbonyl (C=O) groups excluding carboxylic acids is 1. The van der Waals surface area contributed by atoms with Gasteiger partial charge in [-0.3, -0.25) is 4.79 Å². The number of esters is 1. The molecule has 0 fully saturated rings. The van der Waals surface area contributed by atoms with Gasteiger partial charge in [-0.1, -0.05) is 66.2 Å². The summed E-state index contributed by atoms with van der Waals surface area (Å²) in [5.41, 5.74) is 0. The van der Waals surface area contributed by atoms with E-state index in [0.717, 1.165) is 18.3 Å². The SMILES string of the molecule is COC(=O)CC(C)CCCC(C)CCCC(C)C. The van der Waals surface area contributed by atoms with Crippen molar-refractivity contribution >= 4 is 5.97 Å². The van der Waals surface area contributed by atoms with Crippen molar-refractivity contribution in [3.63, 3.8) is 0 Å². The van der Waals surface area contributed by atoms with Gasteiger partial charge >= 0.3 is 5.97 Å². The highest BCUT2D eigenvalue weighted by Crippen LogP contribution is 2.20. The molecule has 0 aromatic heterocycles. The highest BCUT2D eigenvalue weighted by molar-refractivity contribution is 5.69. The molecule has 0 aliphatic carbocycles. The summed E-state index contributed by atoms with van der Waals surface area (Å²) in [7, 11) is 1.46. The van der Waals surface area contributed by atoms with Gasteiger partial charge in [0.25, 0.3) is 0 Å². The molecule has 2 unspecified atom stereocenters. The zero-order valence-electron chi connectivity index (χ0n) is 13.0. The van der Waals surface area contributed by atoms with E-state index < -0.39 is 0 Å². The van der Waals surface area contributed by atoms with Crippen molar-refractivity contribution in [3.8, 4) is 0 Å². The van der Waals surface area contributed by atoms with Gasteiger partial charge in [-0.05, 0) is 17.8 Å². The number of methoxy groups -OCH3 is 1. The van der Waals surface area contributed by atoms with E-state index in [1.165, 1.54) is 39.2 Å². The number of hydrogen-bond donors (Lipinski definition) is 0. The summed E-state index contributed by atoms with van der Waals surface area (Å²) in [4.78, 5) is 11.1. The predicted octanol–water partition coefficient (Wildman–Crippen LogP) is 4.82. The first-order valence-corrected chi connectivity index (χ1v) is 7.52. The molecule has 0 N–H and O–H groups in total. The van der Waals surface area contributed by atoms with Gasteiger partial charge < -0.3 is 4.74 Å². The Morgan fingerprint density at radius 3 is 1.89 bits per heavy atom. The van der Waals surface area contributed by atoms with Crippen LogP contribution in [0.4, 0.5) is 0 Å². The molecule has 2 atom stereocenters. The Bertz CT molecular complexity index is 211. The molecule has 2 nitrogen and oxygen atoms in total. The van der Waals surface area contributed by atoms with Gasteiger partial charge in [-0.2, -0.15) is 0 Å². The summed E-state index contributed by atoms with van der Waals surface area (Å²) in [5, 5.41) is 0. The second-order valence-corrected chi connectivity index (χ2v) is 6.25. The third-order valence-corrected chi connectivity index (χ3v) is 3.62. The maximum absolute atomic E-state index is 11.1. The third-order valence-electron chi connectivity index (χ3n) is 3.62. The van der Waals surface area contributed by atoms with Crippen LogP contribution < -0.4 is 0 Å². The van der Waals surface area contributed by atoms with Gasteiger partial charge in [0.2, 0.25) is 0 Å². The molecule has 108 valence electrons. The van der Waals surface area contributed by atoms with Crippen molar-refractivity contribution in [1.82, 2.24) is 0 Å². The molecule has 0 heterocycles. The molecule has 0 spiro atoms. The van der Waals surface area contributed by atoms with Gasteiger partial charge in [0.15, 0.2) is 0 Å². The Labute approximate surface area is 113 Å². The lowest BCUT2D eigenvalue weighted by Gasteiger charge is -2.14. The van der Waals surface area contributed by atoms with Crippen molar-refractivity contribution in [3.05, 3.63) is 0 Å². The lowest BCUT2D eigenvalue weighted by Crippen LogP contribution is -2.07. The maximum Gasteiger partial charge on any atom is 0.305 e. The highest BCUT2D eigenvalue weighted by atomic mass is 16.5. The average Bonchev–Trinajstić information content (AvgIpc) is 2.28. The number of carbonyl (C=O) groups is 1. The summed E-state index contributed by atoms with van der Waals surface area (Å²) in [6, 6.07) is 0. The van der Waals surface area contributed by atoms with Gasteiger partial charge in [0.05, 0.1) is 7.11 Å².